The van der Waals surface area contributed by atoms with Crippen LogP contribution in [-0.2, 0) is 6.54 Å². The fourth-order valence-electron chi connectivity index (χ4n) is 1.86. The Morgan fingerprint density at radius 3 is 2.65 bits per heavy atom. The molecule has 1 N–H and O–H groups in total. The van der Waals surface area contributed by atoms with Crippen LogP contribution >= 0.6 is 0 Å². The van der Waals surface area contributed by atoms with Crippen LogP contribution in [0.1, 0.15) is 22.3 Å². The highest BCUT2D eigenvalue weighted by Crippen LogP contribution is 2.12. The molecule has 0 saturated carbocycles. The van der Waals surface area contributed by atoms with E-state index in [0.29, 0.717) is 11.1 Å². The second-order valence-electron chi connectivity index (χ2n) is 4.47. The van der Waals surface area contributed by atoms with E-state index in [1.54, 1.807) is 19.9 Å². The van der Waals surface area contributed by atoms with Crippen molar-refractivity contribution in [2.75, 3.05) is 0 Å². The summed E-state index contributed by atoms with van der Waals surface area (Å²) < 4.78 is 15.0. The lowest BCUT2D eigenvalue weighted by atomic mass is 10.1. The number of hydrogen-bond acceptors (Lipinski definition) is 3. The van der Waals surface area contributed by atoms with Crippen LogP contribution in [0.25, 0.3) is 0 Å². The van der Waals surface area contributed by atoms with Crippen molar-refractivity contribution in [3.63, 3.8) is 0 Å². The zero-order chi connectivity index (χ0) is 14.9. The van der Waals surface area contributed by atoms with Crippen LogP contribution in [0, 0.1) is 31.0 Å². The Balaban J connectivity index is 2.55. The molecule has 0 amide bonds. The number of halogens is 1. The Labute approximate surface area is 113 Å². The van der Waals surface area contributed by atoms with E-state index in [2.05, 4.69) is 5.10 Å². The Morgan fingerprint density at radius 2 is 2.00 bits per heavy atom. The van der Waals surface area contributed by atoms with Gasteiger partial charge in [-0.1, -0.05) is 12.1 Å². The smallest absolute Gasteiger partial charge is 0.268 e. The van der Waals surface area contributed by atoms with E-state index in [1.165, 1.54) is 18.2 Å². The van der Waals surface area contributed by atoms with Crippen LogP contribution in [0.15, 0.2) is 27.8 Å². The van der Waals surface area contributed by atoms with Gasteiger partial charge in [0.25, 0.3) is 11.1 Å². The number of nitrogens with one attached hydrogen (secondary N) is 1. The number of hydrogen-bond donors (Lipinski definition) is 1. The molecule has 0 aliphatic heterocycles. The van der Waals surface area contributed by atoms with Crippen LogP contribution < -0.4 is 11.1 Å². The molecule has 1 heterocycles. The van der Waals surface area contributed by atoms with Gasteiger partial charge in [0.05, 0.1) is 12.1 Å². The molecule has 2 rings (SSSR count). The Kier molecular flexibility index (Phi) is 3.53. The van der Waals surface area contributed by atoms with Crippen LogP contribution in [0.3, 0.4) is 0 Å². The predicted octanol–water partition coefficient (Wildman–Crippen LogP) is 1.21. The van der Waals surface area contributed by atoms with Crippen molar-refractivity contribution < 1.29 is 4.39 Å². The highest BCUT2D eigenvalue weighted by Gasteiger charge is 2.11. The van der Waals surface area contributed by atoms with E-state index in [1.807, 2.05) is 0 Å². The average molecular weight is 273 g/mol. The number of rotatable bonds is 2. The molecule has 5 nitrogen and oxygen atoms in total. The number of benzene rings is 1. The monoisotopic (exact) mass is 273 g/mol. The maximum absolute atomic E-state index is 13.9. The van der Waals surface area contributed by atoms with Crippen molar-refractivity contribution >= 4 is 0 Å². The van der Waals surface area contributed by atoms with Gasteiger partial charge in [0.1, 0.15) is 11.9 Å². The van der Waals surface area contributed by atoms with Gasteiger partial charge in [-0.05, 0) is 19.9 Å². The molecule has 0 aliphatic rings. The van der Waals surface area contributed by atoms with E-state index in [9.17, 15) is 14.0 Å². The highest BCUT2D eigenvalue weighted by molar-refractivity contribution is 5.35. The molecular weight excluding hydrogens is 261 g/mol. The molecule has 6 heteroatoms. The summed E-state index contributed by atoms with van der Waals surface area (Å²) in [4.78, 5) is 23.7. The first kappa shape index (κ1) is 13.7. The minimum absolute atomic E-state index is 0.0956. The summed E-state index contributed by atoms with van der Waals surface area (Å²) in [6.45, 7) is 2.97. The summed E-state index contributed by atoms with van der Waals surface area (Å²) in [5, 5.41) is 11.2. The van der Waals surface area contributed by atoms with E-state index in [-0.39, 0.29) is 28.8 Å². The fourth-order valence-corrected chi connectivity index (χ4v) is 1.86. The minimum atomic E-state index is -0.680. The molecule has 0 atom stereocenters. The zero-order valence-electron chi connectivity index (χ0n) is 11.0. The molecule has 1 aromatic carbocycles. The zero-order valence-corrected chi connectivity index (χ0v) is 11.0. The molecule has 0 spiro atoms. The molecule has 1 aromatic heterocycles. The van der Waals surface area contributed by atoms with Gasteiger partial charge in [0.2, 0.25) is 0 Å². The lowest BCUT2D eigenvalue weighted by Crippen LogP contribution is -2.33. The van der Waals surface area contributed by atoms with Crippen LogP contribution in [0.5, 0.6) is 0 Å². The maximum atomic E-state index is 13.9. The molecule has 0 aliphatic carbocycles. The third kappa shape index (κ3) is 2.26. The highest BCUT2D eigenvalue weighted by atomic mass is 19.1. The molecule has 102 valence electrons. The first-order chi connectivity index (χ1) is 9.45. The second-order valence-corrected chi connectivity index (χ2v) is 4.47. The standard InChI is InChI=1S/C14H12FN3O2/c1-8-9(2)14(20)18(17-13(8)19)7-11-5-3-4-10(6-16)12(11)15/h3-5H,7H2,1-2H3,(H,17,19). The third-order valence-corrected chi connectivity index (χ3v) is 3.23. The van der Waals surface area contributed by atoms with Crippen LogP contribution in [-0.4, -0.2) is 9.78 Å². The minimum Gasteiger partial charge on any atom is -0.268 e. The normalized spacial score (nSPS) is 10.3. The molecule has 0 bridgehead atoms. The van der Waals surface area contributed by atoms with E-state index in [4.69, 9.17) is 5.26 Å². The van der Waals surface area contributed by atoms with Crippen LogP contribution in [0.2, 0.25) is 0 Å². The quantitative estimate of drug-likeness (QED) is 0.893. The Bertz CT molecular complexity index is 828. The van der Waals surface area contributed by atoms with Gasteiger partial charge in [0.15, 0.2) is 0 Å². The molecule has 0 unspecified atom stereocenters. The lowest BCUT2D eigenvalue weighted by molar-refractivity contribution is 0.563. The number of aromatic nitrogens is 2. The largest absolute Gasteiger partial charge is 0.268 e. The van der Waals surface area contributed by atoms with Gasteiger partial charge in [-0.2, -0.15) is 5.26 Å². The van der Waals surface area contributed by atoms with Gasteiger partial charge >= 0.3 is 0 Å². The van der Waals surface area contributed by atoms with Crippen molar-refractivity contribution in [3.8, 4) is 6.07 Å². The number of nitrogens with zero attached hydrogens (tertiary/aromatic N) is 2. The maximum Gasteiger partial charge on any atom is 0.268 e. The number of aromatic amines is 1. The van der Waals surface area contributed by atoms with E-state index < -0.39 is 5.82 Å². The summed E-state index contributed by atoms with van der Waals surface area (Å²) in [6.07, 6.45) is 0. The van der Waals surface area contributed by atoms with Crippen molar-refractivity contribution in [1.29, 1.82) is 5.26 Å². The van der Waals surface area contributed by atoms with Crippen molar-refractivity contribution in [2.24, 2.45) is 0 Å². The number of H-pyrrole nitrogens is 1. The molecule has 0 fully saturated rings. The molecule has 0 radical (unpaired) electrons. The van der Waals surface area contributed by atoms with Crippen molar-refractivity contribution in [2.45, 2.75) is 20.4 Å². The lowest BCUT2D eigenvalue weighted by Gasteiger charge is -2.09. The summed E-state index contributed by atoms with van der Waals surface area (Å²) >= 11 is 0. The second kappa shape index (κ2) is 5.13. The van der Waals surface area contributed by atoms with Crippen molar-refractivity contribution in [1.82, 2.24) is 9.78 Å². The van der Waals surface area contributed by atoms with E-state index >= 15 is 0 Å². The van der Waals surface area contributed by atoms with Gasteiger partial charge in [0, 0.05) is 16.7 Å². The van der Waals surface area contributed by atoms with Gasteiger partial charge in [-0.3, -0.25) is 14.7 Å². The molecular formula is C14H12FN3O2. The fraction of sp³-hybridized carbons (Fsp3) is 0.214. The predicted molar refractivity (Wildman–Crippen MR) is 71.0 cm³/mol. The summed E-state index contributed by atoms with van der Waals surface area (Å²) in [5.41, 5.74) is -0.0299. The summed E-state index contributed by atoms with van der Waals surface area (Å²) in [5.74, 6) is -0.680. The first-order valence-electron chi connectivity index (χ1n) is 5.93. The topological polar surface area (TPSA) is 78.7 Å². The Hall–Kier alpha value is -2.68. The van der Waals surface area contributed by atoms with Gasteiger partial charge in [-0.25, -0.2) is 9.07 Å². The average Bonchev–Trinajstić information content (AvgIpc) is 2.44. The molecule has 0 saturated heterocycles. The first-order valence-corrected chi connectivity index (χ1v) is 5.93. The number of nitriles is 1. The SMILES string of the molecule is Cc1c(C)c(=O)n(Cc2cccc(C#N)c2F)[nH]c1=O. The van der Waals surface area contributed by atoms with Crippen LogP contribution in [0.4, 0.5) is 4.39 Å². The third-order valence-electron chi connectivity index (χ3n) is 3.23. The van der Waals surface area contributed by atoms with E-state index in [0.717, 1.165) is 4.68 Å². The van der Waals surface area contributed by atoms with Gasteiger partial charge in [-0.15, -0.1) is 0 Å². The molecule has 2 aromatic rings. The summed E-state index contributed by atoms with van der Waals surface area (Å²) in [6, 6.07) is 6.08. The van der Waals surface area contributed by atoms with Gasteiger partial charge < -0.3 is 0 Å². The summed E-state index contributed by atoms with van der Waals surface area (Å²) in [7, 11) is 0. The van der Waals surface area contributed by atoms with Crippen molar-refractivity contribution in [3.05, 3.63) is 67.0 Å². The Morgan fingerprint density at radius 1 is 1.30 bits per heavy atom. The molecule has 20 heavy (non-hydrogen) atoms.